The third-order valence-electron chi connectivity index (χ3n) is 3.85. The molecule has 0 aliphatic rings. The number of rotatable bonds is 12. The largest absolute Gasteiger partial charge is 0.462 e. The van der Waals surface area contributed by atoms with Crippen LogP contribution in [-0.4, -0.2) is 61.0 Å². The van der Waals surface area contributed by atoms with E-state index >= 15 is 0 Å². The van der Waals surface area contributed by atoms with E-state index in [9.17, 15) is 14.4 Å². The van der Waals surface area contributed by atoms with E-state index in [1.165, 1.54) is 13.0 Å². The minimum Gasteiger partial charge on any atom is -0.462 e. The lowest BCUT2D eigenvalue weighted by Crippen LogP contribution is -2.29. The number of nitrogens with zero attached hydrogens (tertiary/aromatic N) is 1. The number of aliphatic hydroxyl groups excluding tert-OH is 1. The molecule has 0 radical (unpaired) electrons. The number of esters is 1. The van der Waals surface area contributed by atoms with E-state index in [1.807, 2.05) is 0 Å². The summed E-state index contributed by atoms with van der Waals surface area (Å²) in [6, 6.07) is 1.49. The van der Waals surface area contributed by atoms with Crippen molar-refractivity contribution in [1.82, 2.24) is 4.90 Å². The third-order valence-corrected chi connectivity index (χ3v) is 5.00. The Bertz CT molecular complexity index is 616. The Hall–Kier alpha value is -1.77. The Morgan fingerprint density at radius 3 is 2.32 bits per heavy atom. The summed E-state index contributed by atoms with van der Waals surface area (Å²) in [5.74, 6) is -0.832. The highest BCUT2D eigenvalue weighted by Gasteiger charge is 2.20. The van der Waals surface area contributed by atoms with Crippen LogP contribution < -0.4 is 5.32 Å². The number of anilines is 1. The SMILES string of the molecule is CCCCN(CCC)CCC(=O)Nc1sc(C(C)=O)cc1C(=O)OCC.CO. The number of ketones is 1. The van der Waals surface area contributed by atoms with E-state index in [0.717, 1.165) is 50.8 Å². The Morgan fingerprint density at radius 2 is 1.79 bits per heavy atom. The summed E-state index contributed by atoms with van der Waals surface area (Å²) in [6.07, 6.45) is 3.63. The summed E-state index contributed by atoms with van der Waals surface area (Å²) >= 11 is 1.11. The van der Waals surface area contributed by atoms with Crippen LogP contribution in [0.4, 0.5) is 5.00 Å². The predicted octanol–water partition coefficient (Wildman–Crippen LogP) is 3.58. The van der Waals surface area contributed by atoms with Crippen molar-refractivity contribution in [3.63, 3.8) is 0 Å². The number of carbonyl (C=O) groups is 3. The second kappa shape index (κ2) is 15.2. The number of Topliss-reactive ketones (excluding diaryl/α,β-unsaturated/α-hetero) is 1. The number of nitrogens with one attached hydrogen (secondary N) is 1. The van der Waals surface area contributed by atoms with Crippen molar-refractivity contribution in [3.05, 3.63) is 16.5 Å². The van der Waals surface area contributed by atoms with E-state index in [2.05, 4.69) is 24.1 Å². The van der Waals surface area contributed by atoms with Gasteiger partial charge in [-0.25, -0.2) is 4.79 Å². The first-order chi connectivity index (χ1) is 13.4. The van der Waals surface area contributed by atoms with Crippen LogP contribution in [-0.2, 0) is 9.53 Å². The number of hydrogen-bond acceptors (Lipinski definition) is 7. The molecule has 160 valence electrons. The highest BCUT2D eigenvalue weighted by atomic mass is 32.1. The van der Waals surface area contributed by atoms with Crippen molar-refractivity contribution in [3.8, 4) is 0 Å². The van der Waals surface area contributed by atoms with Gasteiger partial charge in [0.05, 0.1) is 17.0 Å². The monoisotopic (exact) mass is 414 g/mol. The molecule has 0 aromatic carbocycles. The van der Waals surface area contributed by atoms with Crippen LogP contribution in [0.15, 0.2) is 6.07 Å². The number of ether oxygens (including phenoxy) is 1. The Kier molecular flexibility index (Phi) is 14.2. The van der Waals surface area contributed by atoms with E-state index in [0.29, 0.717) is 22.8 Å². The van der Waals surface area contributed by atoms with Gasteiger partial charge in [-0.05, 0) is 45.8 Å². The van der Waals surface area contributed by atoms with E-state index in [4.69, 9.17) is 9.84 Å². The highest BCUT2D eigenvalue weighted by molar-refractivity contribution is 7.18. The van der Waals surface area contributed by atoms with Crippen molar-refractivity contribution < 1.29 is 24.2 Å². The molecule has 0 unspecified atom stereocenters. The number of aliphatic hydroxyl groups is 1. The maximum absolute atomic E-state index is 12.3. The van der Waals surface area contributed by atoms with Gasteiger partial charge in [-0.3, -0.25) is 9.59 Å². The van der Waals surface area contributed by atoms with Gasteiger partial charge in [0, 0.05) is 20.1 Å². The van der Waals surface area contributed by atoms with Crippen LogP contribution in [0, 0.1) is 0 Å². The summed E-state index contributed by atoms with van der Waals surface area (Å²) in [5, 5.41) is 10.2. The zero-order valence-corrected chi connectivity index (χ0v) is 18.5. The lowest BCUT2D eigenvalue weighted by atomic mass is 10.2. The van der Waals surface area contributed by atoms with Gasteiger partial charge in [-0.15, -0.1) is 11.3 Å². The van der Waals surface area contributed by atoms with Gasteiger partial charge in [0.1, 0.15) is 5.00 Å². The van der Waals surface area contributed by atoms with E-state index in [1.54, 1.807) is 6.92 Å². The van der Waals surface area contributed by atoms with Crippen molar-refractivity contribution >= 4 is 34.0 Å². The normalized spacial score (nSPS) is 10.2. The summed E-state index contributed by atoms with van der Waals surface area (Å²) in [4.78, 5) is 38.7. The van der Waals surface area contributed by atoms with Gasteiger partial charge < -0.3 is 20.1 Å². The van der Waals surface area contributed by atoms with Gasteiger partial charge >= 0.3 is 5.97 Å². The highest BCUT2D eigenvalue weighted by Crippen LogP contribution is 2.29. The fraction of sp³-hybridized carbons (Fsp3) is 0.650. The molecule has 2 N–H and O–H groups in total. The molecule has 0 saturated heterocycles. The molecular formula is C20H34N2O5S. The molecular weight excluding hydrogens is 380 g/mol. The molecule has 1 rings (SSSR count). The molecule has 1 amide bonds. The molecule has 1 heterocycles. The molecule has 0 aliphatic carbocycles. The van der Waals surface area contributed by atoms with Crippen molar-refractivity contribution in [2.45, 2.75) is 53.4 Å². The lowest BCUT2D eigenvalue weighted by Gasteiger charge is -2.21. The van der Waals surface area contributed by atoms with Crippen molar-refractivity contribution in [1.29, 1.82) is 0 Å². The van der Waals surface area contributed by atoms with Crippen molar-refractivity contribution in [2.24, 2.45) is 0 Å². The molecule has 0 spiro atoms. The first kappa shape index (κ1) is 26.2. The van der Waals surface area contributed by atoms with Gasteiger partial charge in [0.2, 0.25) is 5.91 Å². The third kappa shape index (κ3) is 9.43. The number of thiophene rings is 1. The molecule has 28 heavy (non-hydrogen) atoms. The first-order valence-electron chi connectivity index (χ1n) is 9.71. The summed E-state index contributed by atoms with van der Waals surface area (Å²) in [5.41, 5.74) is 0.242. The smallest absolute Gasteiger partial charge is 0.341 e. The Labute approximate surface area is 172 Å². The average molecular weight is 415 g/mol. The minimum absolute atomic E-state index is 0.144. The molecule has 0 atom stereocenters. The summed E-state index contributed by atoms with van der Waals surface area (Å²) < 4.78 is 5.01. The summed E-state index contributed by atoms with van der Waals surface area (Å²) in [6.45, 7) is 10.3. The van der Waals surface area contributed by atoms with Crippen LogP contribution in [0.3, 0.4) is 0 Å². The van der Waals surface area contributed by atoms with Crippen molar-refractivity contribution in [2.75, 3.05) is 38.7 Å². The van der Waals surface area contributed by atoms with E-state index in [-0.39, 0.29) is 23.9 Å². The Balaban J connectivity index is 0.00000352. The average Bonchev–Trinajstić information content (AvgIpc) is 3.10. The van der Waals surface area contributed by atoms with Gasteiger partial charge in [0.25, 0.3) is 0 Å². The maximum atomic E-state index is 12.3. The molecule has 1 aromatic rings. The van der Waals surface area contributed by atoms with Gasteiger partial charge in [-0.1, -0.05) is 20.3 Å². The number of amides is 1. The second-order valence-electron chi connectivity index (χ2n) is 6.12. The Morgan fingerprint density at radius 1 is 1.11 bits per heavy atom. The predicted molar refractivity (Wildman–Crippen MR) is 113 cm³/mol. The molecule has 1 aromatic heterocycles. The lowest BCUT2D eigenvalue weighted by molar-refractivity contribution is -0.116. The summed E-state index contributed by atoms with van der Waals surface area (Å²) in [7, 11) is 1.00. The molecule has 8 heteroatoms. The first-order valence-corrected chi connectivity index (χ1v) is 10.5. The fourth-order valence-corrected chi connectivity index (χ4v) is 3.46. The maximum Gasteiger partial charge on any atom is 0.341 e. The number of unbranched alkanes of at least 4 members (excludes halogenated alkanes) is 1. The molecule has 0 fully saturated rings. The standard InChI is InChI=1S/C19H30N2O4S.CH4O/c1-5-8-11-21(10-6-2)12-9-17(23)20-18-15(19(24)25-7-3)13-16(26-18)14(4)22;1-2/h13H,5-12H2,1-4H3,(H,20,23);2H,1H3. The van der Waals surface area contributed by atoms with Gasteiger partial charge in [0.15, 0.2) is 5.78 Å². The van der Waals surface area contributed by atoms with Crippen LogP contribution in [0.1, 0.15) is 73.4 Å². The van der Waals surface area contributed by atoms with Crippen LogP contribution >= 0.6 is 11.3 Å². The topological polar surface area (TPSA) is 95.9 Å². The molecule has 0 saturated carbocycles. The van der Waals surface area contributed by atoms with Crippen LogP contribution in [0.25, 0.3) is 0 Å². The second-order valence-corrected chi connectivity index (χ2v) is 7.18. The number of hydrogen-bond donors (Lipinski definition) is 2. The van der Waals surface area contributed by atoms with Crippen LogP contribution in [0.2, 0.25) is 0 Å². The zero-order valence-electron chi connectivity index (χ0n) is 17.7. The fourth-order valence-electron chi connectivity index (χ4n) is 2.50. The minimum atomic E-state index is -0.526. The molecule has 7 nitrogen and oxygen atoms in total. The van der Waals surface area contributed by atoms with Gasteiger partial charge in [-0.2, -0.15) is 0 Å². The zero-order chi connectivity index (χ0) is 21.5. The molecule has 0 bridgehead atoms. The van der Waals surface area contributed by atoms with Crippen LogP contribution in [0.5, 0.6) is 0 Å². The van der Waals surface area contributed by atoms with E-state index < -0.39 is 5.97 Å². The number of carbonyl (C=O) groups excluding carboxylic acids is 3. The quantitative estimate of drug-likeness (QED) is 0.401. The molecule has 0 aliphatic heterocycles.